The van der Waals surface area contributed by atoms with E-state index in [4.69, 9.17) is 18.9 Å². The maximum absolute atomic E-state index is 17.0. The molecule has 10 nitrogen and oxygen atoms in total. The third-order valence-corrected chi connectivity index (χ3v) is 7.92. The van der Waals surface area contributed by atoms with E-state index in [2.05, 4.69) is 24.5 Å². The highest BCUT2D eigenvalue weighted by Crippen LogP contribution is 2.49. The SMILES string of the molecule is CCCCOc1ccc(Nc2c(F)c3c(c(OCCOCC)c2Nc2ccc(OCCCC)cc2)C(=O)c2c(O)ccc(O)c2C3=O)cc1. The molecule has 0 saturated carbocycles. The minimum Gasteiger partial charge on any atom is -0.507 e. The number of fused-ring (bicyclic) bond motifs is 2. The van der Waals surface area contributed by atoms with Crippen molar-refractivity contribution in [3.8, 4) is 28.7 Å². The number of unbranched alkanes of at least 4 members (excludes halogenated alkanes) is 2. The number of ketones is 2. The molecule has 258 valence electrons. The second-order valence-corrected chi connectivity index (χ2v) is 11.4. The highest BCUT2D eigenvalue weighted by atomic mass is 19.1. The van der Waals surface area contributed by atoms with E-state index >= 15 is 4.39 Å². The molecule has 4 aromatic carbocycles. The van der Waals surface area contributed by atoms with Crippen LogP contribution in [0.5, 0.6) is 28.7 Å². The second kappa shape index (κ2) is 16.2. The fraction of sp³-hybridized carbons (Fsp3) is 0.316. The third-order valence-electron chi connectivity index (χ3n) is 7.92. The fourth-order valence-electron chi connectivity index (χ4n) is 5.37. The van der Waals surface area contributed by atoms with Crippen molar-refractivity contribution in [2.45, 2.75) is 46.5 Å². The number of rotatable bonds is 17. The topological polar surface area (TPSA) is 136 Å². The molecule has 0 bridgehead atoms. The van der Waals surface area contributed by atoms with Gasteiger partial charge in [-0.15, -0.1) is 0 Å². The van der Waals surface area contributed by atoms with Crippen molar-refractivity contribution in [2.75, 3.05) is 43.7 Å². The molecule has 0 atom stereocenters. The lowest BCUT2D eigenvalue weighted by Crippen LogP contribution is -2.25. The molecule has 0 heterocycles. The first-order chi connectivity index (χ1) is 23.8. The molecule has 1 aliphatic rings. The fourth-order valence-corrected chi connectivity index (χ4v) is 5.37. The Labute approximate surface area is 284 Å². The number of halogens is 1. The van der Waals surface area contributed by atoms with E-state index in [-0.39, 0.29) is 35.9 Å². The van der Waals surface area contributed by atoms with Gasteiger partial charge in [-0.2, -0.15) is 0 Å². The zero-order chi connectivity index (χ0) is 34.9. The van der Waals surface area contributed by atoms with Gasteiger partial charge in [0.2, 0.25) is 11.6 Å². The van der Waals surface area contributed by atoms with Crippen molar-refractivity contribution in [2.24, 2.45) is 0 Å². The van der Waals surface area contributed by atoms with E-state index in [9.17, 15) is 19.8 Å². The van der Waals surface area contributed by atoms with Crippen LogP contribution in [0, 0.1) is 5.82 Å². The van der Waals surface area contributed by atoms with Crippen LogP contribution >= 0.6 is 0 Å². The van der Waals surface area contributed by atoms with Gasteiger partial charge in [0.05, 0.1) is 42.1 Å². The molecule has 0 aromatic heterocycles. The van der Waals surface area contributed by atoms with Crippen LogP contribution in [0.15, 0.2) is 60.7 Å². The smallest absolute Gasteiger partial charge is 0.202 e. The van der Waals surface area contributed by atoms with Crippen LogP contribution in [0.25, 0.3) is 0 Å². The van der Waals surface area contributed by atoms with Crippen molar-refractivity contribution < 1.29 is 43.1 Å². The van der Waals surface area contributed by atoms with Crippen molar-refractivity contribution >= 4 is 34.3 Å². The summed E-state index contributed by atoms with van der Waals surface area (Å²) in [5, 5.41) is 27.5. The number of anilines is 4. The van der Waals surface area contributed by atoms with Gasteiger partial charge in [-0.3, -0.25) is 9.59 Å². The zero-order valence-corrected chi connectivity index (χ0v) is 27.9. The Morgan fingerprint density at radius 3 is 1.57 bits per heavy atom. The quantitative estimate of drug-likeness (QED) is 0.0565. The van der Waals surface area contributed by atoms with Crippen LogP contribution in [0.2, 0.25) is 0 Å². The summed E-state index contributed by atoms with van der Waals surface area (Å²) in [5.41, 5.74) is -1.11. The van der Waals surface area contributed by atoms with Gasteiger partial charge in [-0.05, 0) is 80.4 Å². The molecule has 49 heavy (non-hydrogen) atoms. The van der Waals surface area contributed by atoms with Crippen LogP contribution in [0.1, 0.15) is 78.3 Å². The Bertz CT molecular complexity index is 1790. The number of carbonyl (C=O) groups is 2. The number of nitrogens with one attached hydrogen (secondary N) is 2. The first-order valence-electron chi connectivity index (χ1n) is 16.5. The number of phenols is 2. The number of aromatic hydroxyl groups is 2. The van der Waals surface area contributed by atoms with Gasteiger partial charge in [0.1, 0.15) is 41.0 Å². The molecule has 0 aliphatic heterocycles. The molecular formula is C38H41FN2O8. The molecule has 0 unspecified atom stereocenters. The molecule has 4 aromatic rings. The van der Waals surface area contributed by atoms with E-state index in [0.29, 0.717) is 42.7 Å². The van der Waals surface area contributed by atoms with Crippen molar-refractivity contribution in [3.05, 3.63) is 88.7 Å². The summed E-state index contributed by atoms with van der Waals surface area (Å²) in [5.74, 6) is -2.86. The molecule has 5 rings (SSSR count). The standard InChI is InChI=1S/C38H41FN2O8/c1-4-7-19-47-25-13-9-23(10-14-25)40-34-33(39)31-32(37(45)30-28(43)18-17-27(42)29(30)36(31)44)38(49-22-21-46-6-3)35(34)41-24-11-15-26(16-12-24)48-20-8-5-2/h9-18,40-43H,4-8,19-22H2,1-3H3. The molecule has 11 heteroatoms. The van der Waals surface area contributed by atoms with Crippen LogP contribution < -0.4 is 24.8 Å². The van der Waals surface area contributed by atoms with Gasteiger partial charge in [-0.1, -0.05) is 26.7 Å². The minimum absolute atomic E-state index is 0.0277. The van der Waals surface area contributed by atoms with Crippen molar-refractivity contribution in [1.82, 2.24) is 0 Å². The van der Waals surface area contributed by atoms with Gasteiger partial charge in [-0.25, -0.2) is 4.39 Å². The summed E-state index contributed by atoms with van der Waals surface area (Å²) in [6, 6.07) is 16.1. The molecule has 0 spiro atoms. The highest BCUT2D eigenvalue weighted by Gasteiger charge is 2.42. The maximum Gasteiger partial charge on any atom is 0.202 e. The van der Waals surface area contributed by atoms with Crippen LogP contribution in [-0.4, -0.2) is 54.8 Å². The van der Waals surface area contributed by atoms with E-state index < -0.39 is 45.6 Å². The lowest BCUT2D eigenvalue weighted by atomic mass is 9.81. The summed E-state index contributed by atoms with van der Waals surface area (Å²) < 4.78 is 40.1. The Kier molecular flexibility index (Phi) is 11.6. The van der Waals surface area contributed by atoms with Gasteiger partial charge >= 0.3 is 0 Å². The minimum atomic E-state index is -1.05. The Morgan fingerprint density at radius 1 is 0.592 bits per heavy atom. The number of benzene rings is 4. The highest BCUT2D eigenvalue weighted by molar-refractivity contribution is 6.32. The first-order valence-corrected chi connectivity index (χ1v) is 16.5. The van der Waals surface area contributed by atoms with E-state index in [1.54, 1.807) is 48.5 Å². The maximum atomic E-state index is 17.0. The number of carbonyl (C=O) groups excluding carboxylic acids is 2. The average molecular weight is 673 g/mol. The third kappa shape index (κ3) is 7.73. The predicted molar refractivity (Wildman–Crippen MR) is 185 cm³/mol. The summed E-state index contributed by atoms with van der Waals surface area (Å²) in [6.45, 7) is 7.58. The molecule has 0 amide bonds. The molecular weight excluding hydrogens is 631 g/mol. The summed E-state index contributed by atoms with van der Waals surface area (Å²) >= 11 is 0. The zero-order valence-electron chi connectivity index (χ0n) is 27.9. The molecule has 0 radical (unpaired) electrons. The predicted octanol–water partition coefficient (Wildman–Crippen LogP) is 8.27. The van der Waals surface area contributed by atoms with Crippen LogP contribution in [0.3, 0.4) is 0 Å². The van der Waals surface area contributed by atoms with Crippen LogP contribution in [-0.2, 0) is 4.74 Å². The van der Waals surface area contributed by atoms with Gasteiger partial charge in [0.15, 0.2) is 11.6 Å². The lowest BCUT2D eigenvalue weighted by Gasteiger charge is -2.27. The van der Waals surface area contributed by atoms with E-state index in [1.807, 2.05) is 6.92 Å². The molecule has 0 saturated heterocycles. The summed E-state index contributed by atoms with van der Waals surface area (Å²) in [7, 11) is 0. The second-order valence-electron chi connectivity index (χ2n) is 11.4. The van der Waals surface area contributed by atoms with Gasteiger partial charge < -0.3 is 39.8 Å². The van der Waals surface area contributed by atoms with Crippen LogP contribution in [0.4, 0.5) is 27.1 Å². The number of ether oxygens (including phenoxy) is 4. The summed E-state index contributed by atoms with van der Waals surface area (Å²) in [4.78, 5) is 28.0. The molecule has 1 aliphatic carbocycles. The van der Waals surface area contributed by atoms with Gasteiger partial charge in [0, 0.05) is 18.0 Å². The largest absolute Gasteiger partial charge is 0.507 e. The van der Waals surface area contributed by atoms with E-state index in [0.717, 1.165) is 37.8 Å². The summed E-state index contributed by atoms with van der Waals surface area (Å²) in [6.07, 6.45) is 3.78. The van der Waals surface area contributed by atoms with E-state index in [1.165, 1.54) is 0 Å². The average Bonchev–Trinajstić information content (AvgIpc) is 3.10. The first kappa shape index (κ1) is 35.0. The van der Waals surface area contributed by atoms with Gasteiger partial charge in [0.25, 0.3) is 0 Å². The van der Waals surface area contributed by atoms with Crippen molar-refractivity contribution in [1.29, 1.82) is 0 Å². The number of hydrogen-bond donors (Lipinski definition) is 4. The number of phenolic OH excluding ortho intramolecular Hbond substituents is 2. The lowest BCUT2D eigenvalue weighted by molar-refractivity contribution is 0.0956. The Morgan fingerprint density at radius 2 is 1.08 bits per heavy atom. The number of hydrogen-bond acceptors (Lipinski definition) is 10. The van der Waals surface area contributed by atoms with Crippen molar-refractivity contribution in [3.63, 3.8) is 0 Å². The Hall–Kier alpha value is -5.29. The molecule has 0 fully saturated rings. The monoisotopic (exact) mass is 672 g/mol. The Balaban J connectivity index is 1.66. The normalized spacial score (nSPS) is 11.9. The molecule has 4 N–H and O–H groups in total.